The van der Waals surface area contributed by atoms with Gasteiger partial charge in [0.25, 0.3) is 0 Å². The molecule has 314 valence electrons. The normalized spacial score (nSPS) is 13.8. The van der Waals surface area contributed by atoms with Crippen molar-refractivity contribution in [1.82, 2.24) is 0 Å². The maximum Gasteiger partial charge on any atom is 0.472 e. The summed E-state index contributed by atoms with van der Waals surface area (Å²) in [5.41, 5.74) is 5.34. The number of carbonyl (C=O) groups excluding carboxylic acids is 2. The van der Waals surface area contributed by atoms with E-state index in [4.69, 9.17) is 24.3 Å². The van der Waals surface area contributed by atoms with Crippen molar-refractivity contribution in [3.8, 4) is 0 Å². The van der Waals surface area contributed by atoms with Gasteiger partial charge in [-0.25, -0.2) is 4.57 Å². The third-order valence-corrected chi connectivity index (χ3v) is 9.92. The number of carbonyl (C=O) groups is 2. The fourth-order valence-electron chi connectivity index (χ4n) is 5.68. The Labute approximate surface area is 330 Å². The van der Waals surface area contributed by atoms with Crippen molar-refractivity contribution < 1.29 is 37.6 Å². The van der Waals surface area contributed by atoms with Crippen LogP contribution >= 0.6 is 7.82 Å². The molecule has 0 spiro atoms. The second-order valence-corrected chi connectivity index (χ2v) is 15.7. The lowest BCUT2D eigenvalue weighted by Gasteiger charge is -2.19. The van der Waals surface area contributed by atoms with E-state index in [9.17, 15) is 19.0 Å². The van der Waals surface area contributed by atoms with Gasteiger partial charge in [-0.2, -0.15) is 0 Å². The Kier molecular flexibility index (Phi) is 39.1. The molecule has 0 radical (unpaired) electrons. The van der Waals surface area contributed by atoms with Crippen molar-refractivity contribution in [2.45, 2.75) is 193 Å². The van der Waals surface area contributed by atoms with Gasteiger partial charge in [-0.1, -0.05) is 152 Å². The zero-order valence-corrected chi connectivity index (χ0v) is 35.3. The molecule has 0 aliphatic carbocycles. The van der Waals surface area contributed by atoms with Crippen LogP contribution in [0.25, 0.3) is 0 Å². The van der Waals surface area contributed by atoms with E-state index in [0.717, 1.165) is 77.0 Å². The third-order valence-electron chi connectivity index (χ3n) is 8.94. The van der Waals surface area contributed by atoms with Crippen molar-refractivity contribution in [2.75, 3.05) is 26.4 Å². The maximum atomic E-state index is 12.6. The molecular weight excluding hydrogens is 701 g/mol. The maximum absolute atomic E-state index is 12.6. The van der Waals surface area contributed by atoms with Gasteiger partial charge < -0.3 is 20.1 Å². The highest BCUT2D eigenvalue weighted by Gasteiger charge is 2.26. The van der Waals surface area contributed by atoms with Gasteiger partial charge in [-0.05, 0) is 70.6 Å². The predicted molar refractivity (Wildman–Crippen MR) is 224 cm³/mol. The molecule has 2 unspecified atom stereocenters. The standard InChI is InChI=1S/C44H80NO8P/c1-3-5-7-9-11-13-15-17-19-20-21-22-23-25-27-29-31-33-35-37-44(47)53-42(41-52-54(48,49)51-39-38-45)40-50-43(46)36-34-32-30-28-26-24-18-16-14-12-10-8-6-4-2/h10-13,16-19,42H,3-9,14-15,20-41,45H2,1-2H3,(H,48,49)/b12-10-,13-11-,18-16-,19-17-. The quantitative estimate of drug-likeness (QED) is 0.0269. The molecule has 0 bridgehead atoms. The Morgan fingerprint density at radius 1 is 0.556 bits per heavy atom. The molecule has 54 heavy (non-hydrogen) atoms. The number of phosphoric acid groups is 1. The zero-order valence-electron chi connectivity index (χ0n) is 34.4. The van der Waals surface area contributed by atoms with Gasteiger partial charge in [-0.3, -0.25) is 18.6 Å². The number of rotatable bonds is 40. The van der Waals surface area contributed by atoms with Gasteiger partial charge in [0.1, 0.15) is 6.61 Å². The van der Waals surface area contributed by atoms with E-state index in [2.05, 4.69) is 62.5 Å². The van der Waals surface area contributed by atoms with Crippen LogP contribution in [0.15, 0.2) is 48.6 Å². The molecule has 0 aromatic rings. The molecular formula is C44H80NO8P. The van der Waals surface area contributed by atoms with Gasteiger partial charge >= 0.3 is 19.8 Å². The first-order valence-corrected chi connectivity index (χ1v) is 23.1. The summed E-state index contributed by atoms with van der Waals surface area (Å²) in [6.45, 7) is 3.64. The first-order chi connectivity index (χ1) is 26.3. The molecule has 10 heteroatoms. The van der Waals surface area contributed by atoms with E-state index in [0.29, 0.717) is 12.8 Å². The average Bonchev–Trinajstić information content (AvgIpc) is 3.16. The van der Waals surface area contributed by atoms with Gasteiger partial charge in [0.2, 0.25) is 0 Å². The number of hydrogen-bond donors (Lipinski definition) is 2. The van der Waals surface area contributed by atoms with E-state index >= 15 is 0 Å². The lowest BCUT2D eigenvalue weighted by atomic mass is 10.1. The summed E-state index contributed by atoms with van der Waals surface area (Å²) < 4.78 is 32.8. The zero-order chi connectivity index (χ0) is 39.6. The Balaban J connectivity index is 4.17. The lowest BCUT2D eigenvalue weighted by molar-refractivity contribution is -0.161. The molecule has 0 amide bonds. The minimum atomic E-state index is -4.38. The van der Waals surface area contributed by atoms with Crippen LogP contribution in [0, 0.1) is 0 Å². The third kappa shape index (κ3) is 39.7. The molecule has 3 N–H and O–H groups in total. The second kappa shape index (κ2) is 40.6. The van der Waals surface area contributed by atoms with E-state index in [-0.39, 0.29) is 32.6 Å². The summed E-state index contributed by atoms with van der Waals surface area (Å²) in [5.74, 6) is -0.850. The van der Waals surface area contributed by atoms with Crippen LogP contribution in [0.2, 0.25) is 0 Å². The highest BCUT2D eigenvalue weighted by molar-refractivity contribution is 7.47. The summed E-state index contributed by atoms with van der Waals surface area (Å²) >= 11 is 0. The number of ether oxygens (including phenoxy) is 2. The number of esters is 2. The largest absolute Gasteiger partial charge is 0.472 e. The highest BCUT2D eigenvalue weighted by Crippen LogP contribution is 2.43. The van der Waals surface area contributed by atoms with Crippen LogP contribution < -0.4 is 5.73 Å². The first-order valence-electron chi connectivity index (χ1n) is 21.6. The van der Waals surface area contributed by atoms with E-state index in [1.54, 1.807) is 0 Å². The molecule has 0 aromatic heterocycles. The molecule has 0 aliphatic rings. The van der Waals surface area contributed by atoms with Crippen molar-refractivity contribution in [1.29, 1.82) is 0 Å². The van der Waals surface area contributed by atoms with E-state index in [1.165, 1.54) is 70.6 Å². The summed E-state index contributed by atoms with van der Waals surface area (Å²) in [4.78, 5) is 34.8. The van der Waals surface area contributed by atoms with Gasteiger partial charge in [-0.15, -0.1) is 0 Å². The van der Waals surface area contributed by atoms with Gasteiger partial charge in [0.05, 0.1) is 13.2 Å². The number of allylic oxidation sites excluding steroid dienone is 8. The summed E-state index contributed by atoms with van der Waals surface area (Å²) in [7, 11) is -4.38. The SMILES string of the molecule is CCCC/C=C\C/C=C\CCCCCCCC(=O)OCC(COP(=O)(O)OCCN)OC(=O)CCCCCCCCCCC/C=C\C/C=C\CCCCC. The molecule has 0 saturated carbocycles. The van der Waals surface area contributed by atoms with Crippen molar-refractivity contribution >= 4 is 19.8 Å². The minimum absolute atomic E-state index is 0.0492. The number of nitrogens with two attached hydrogens (primary N) is 1. The molecule has 0 rings (SSSR count). The molecule has 2 atom stereocenters. The summed E-state index contributed by atoms with van der Waals surface area (Å²) in [6, 6.07) is 0. The lowest BCUT2D eigenvalue weighted by Crippen LogP contribution is -2.29. The van der Waals surface area contributed by atoms with Crippen LogP contribution in [0.1, 0.15) is 187 Å². The molecule has 0 saturated heterocycles. The topological polar surface area (TPSA) is 134 Å². The van der Waals surface area contributed by atoms with Crippen LogP contribution in [0.3, 0.4) is 0 Å². The molecule has 0 heterocycles. The van der Waals surface area contributed by atoms with Crippen molar-refractivity contribution in [2.24, 2.45) is 5.73 Å². The Hall–Kier alpha value is -2.03. The summed E-state index contributed by atoms with van der Waals surface area (Å²) in [5, 5.41) is 0. The van der Waals surface area contributed by atoms with Crippen LogP contribution in [-0.2, 0) is 32.7 Å². The smallest absolute Gasteiger partial charge is 0.462 e. The van der Waals surface area contributed by atoms with Crippen LogP contribution in [0.4, 0.5) is 0 Å². The highest BCUT2D eigenvalue weighted by atomic mass is 31.2. The van der Waals surface area contributed by atoms with E-state index < -0.39 is 32.5 Å². The number of hydrogen-bond acceptors (Lipinski definition) is 8. The molecule has 0 fully saturated rings. The molecule has 9 nitrogen and oxygen atoms in total. The number of phosphoric ester groups is 1. The van der Waals surface area contributed by atoms with Gasteiger partial charge in [0.15, 0.2) is 6.10 Å². The fourth-order valence-corrected chi connectivity index (χ4v) is 6.45. The minimum Gasteiger partial charge on any atom is -0.462 e. The van der Waals surface area contributed by atoms with Crippen molar-refractivity contribution in [3.63, 3.8) is 0 Å². The van der Waals surface area contributed by atoms with Crippen molar-refractivity contribution in [3.05, 3.63) is 48.6 Å². The Morgan fingerprint density at radius 3 is 1.46 bits per heavy atom. The van der Waals surface area contributed by atoms with Crippen LogP contribution in [-0.4, -0.2) is 49.3 Å². The van der Waals surface area contributed by atoms with Gasteiger partial charge in [0, 0.05) is 19.4 Å². The number of unbranched alkanes of at least 4 members (excludes halogenated alkanes) is 19. The predicted octanol–water partition coefficient (Wildman–Crippen LogP) is 12.3. The Morgan fingerprint density at radius 2 is 0.981 bits per heavy atom. The van der Waals surface area contributed by atoms with E-state index in [1.807, 2.05) is 0 Å². The summed E-state index contributed by atoms with van der Waals surface area (Å²) in [6.07, 6.45) is 45.6. The monoisotopic (exact) mass is 782 g/mol. The fraction of sp³-hybridized carbons (Fsp3) is 0.773. The molecule has 0 aromatic carbocycles. The molecule has 0 aliphatic heterocycles. The average molecular weight is 782 g/mol. The van der Waals surface area contributed by atoms with Crippen LogP contribution in [0.5, 0.6) is 0 Å². The first kappa shape index (κ1) is 52.0. The second-order valence-electron chi connectivity index (χ2n) is 14.2. The Bertz CT molecular complexity index is 1030.